The molecule has 0 bridgehead atoms. The first-order valence-corrected chi connectivity index (χ1v) is 5.95. The summed E-state index contributed by atoms with van der Waals surface area (Å²) in [4.78, 5) is 6.48. The Kier molecular flexibility index (Phi) is 3.06. The van der Waals surface area contributed by atoms with Crippen molar-refractivity contribution >= 4 is 21.6 Å². The van der Waals surface area contributed by atoms with Crippen LogP contribution < -0.4 is 4.90 Å². The number of anilines is 1. The third kappa shape index (κ3) is 1.92. The third-order valence-electron chi connectivity index (χ3n) is 2.75. The highest BCUT2D eigenvalue weighted by molar-refractivity contribution is 9.10. The fourth-order valence-electron chi connectivity index (χ4n) is 1.98. The Hall–Kier alpha value is -0.570. The van der Waals surface area contributed by atoms with Crippen LogP contribution in [0.25, 0.3) is 0 Å². The third-order valence-corrected chi connectivity index (χ3v) is 3.36. The molecule has 0 saturated carbocycles. The predicted octanol–water partition coefficient (Wildman–Crippen LogP) is 3.08. The largest absolute Gasteiger partial charge is 0.370 e. The van der Waals surface area contributed by atoms with Gasteiger partial charge in [-0.3, -0.25) is 4.98 Å². The smallest absolute Gasteiger partial charge is 0.0592 e. The first-order valence-electron chi connectivity index (χ1n) is 5.15. The number of hydrogen-bond donors (Lipinski definition) is 0. The molecule has 2 rings (SSSR count). The molecule has 76 valence electrons. The van der Waals surface area contributed by atoms with Crippen molar-refractivity contribution in [3.05, 3.63) is 22.9 Å². The fourth-order valence-corrected chi connectivity index (χ4v) is 2.48. The van der Waals surface area contributed by atoms with E-state index in [-0.39, 0.29) is 0 Å². The van der Waals surface area contributed by atoms with Gasteiger partial charge in [-0.2, -0.15) is 0 Å². The van der Waals surface area contributed by atoms with Gasteiger partial charge in [-0.25, -0.2) is 0 Å². The van der Waals surface area contributed by atoms with Crippen LogP contribution >= 0.6 is 15.9 Å². The van der Waals surface area contributed by atoms with E-state index in [2.05, 4.69) is 38.8 Å². The maximum Gasteiger partial charge on any atom is 0.0592 e. The lowest BCUT2D eigenvalue weighted by Crippen LogP contribution is -2.46. The lowest BCUT2D eigenvalue weighted by molar-refractivity contribution is 0.380. The van der Waals surface area contributed by atoms with E-state index in [0.717, 1.165) is 10.4 Å². The minimum absolute atomic E-state index is 0.903. The monoisotopic (exact) mass is 254 g/mol. The van der Waals surface area contributed by atoms with E-state index < -0.39 is 0 Å². The molecular weight excluding hydrogens is 240 g/mol. The number of hydrogen-bond acceptors (Lipinski definition) is 2. The van der Waals surface area contributed by atoms with Crippen molar-refractivity contribution in [2.75, 3.05) is 18.0 Å². The van der Waals surface area contributed by atoms with E-state index in [4.69, 9.17) is 0 Å². The predicted molar refractivity (Wildman–Crippen MR) is 62.5 cm³/mol. The van der Waals surface area contributed by atoms with Crippen molar-refractivity contribution in [1.29, 1.82) is 0 Å². The van der Waals surface area contributed by atoms with Gasteiger partial charge in [0.25, 0.3) is 0 Å². The molecule has 0 N–H and O–H groups in total. The number of pyridine rings is 1. The SMILES string of the molecule is CCCC1CN(c2ccncc2Br)C1. The molecule has 0 radical (unpaired) electrons. The maximum absolute atomic E-state index is 4.07. The van der Waals surface area contributed by atoms with Crippen LogP contribution in [0.15, 0.2) is 22.9 Å². The first-order chi connectivity index (χ1) is 6.81. The van der Waals surface area contributed by atoms with Gasteiger partial charge in [0.1, 0.15) is 0 Å². The highest BCUT2D eigenvalue weighted by atomic mass is 79.9. The van der Waals surface area contributed by atoms with Gasteiger partial charge in [-0.05, 0) is 34.3 Å². The lowest BCUT2D eigenvalue weighted by atomic mass is 9.94. The van der Waals surface area contributed by atoms with Crippen molar-refractivity contribution < 1.29 is 0 Å². The summed E-state index contributed by atoms with van der Waals surface area (Å²) in [6.45, 7) is 4.66. The molecule has 0 spiro atoms. The van der Waals surface area contributed by atoms with Crippen LogP contribution in [-0.4, -0.2) is 18.1 Å². The zero-order valence-electron chi connectivity index (χ0n) is 8.41. The molecule has 0 amide bonds. The molecule has 1 aromatic heterocycles. The van der Waals surface area contributed by atoms with Crippen LogP contribution in [0.5, 0.6) is 0 Å². The number of nitrogens with zero attached hydrogens (tertiary/aromatic N) is 2. The summed E-state index contributed by atoms with van der Waals surface area (Å²) in [7, 11) is 0. The number of aromatic nitrogens is 1. The first kappa shape index (κ1) is 9.97. The van der Waals surface area contributed by atoms with Gasteiger partial charge in [0.2, 0.25) is 0 Å². The second-order valence-corrected chi connectivity index (χ2v) is 4.74. The molecule has 3 heteroatoms. The minimum atomic E-state index is 0.903. The second kappa shape index (κ2) is 4.30. The molecule has 1 aliphatic heterocycles. The van der Waals surface area contributed by atoms with E-state index in [1.54, 1.807) is 0 Å². The van der Waals surface area contributed by atoms with Crippen LogP contribution in [0.1, 0.15) is 19.8 Å². The average Bonchev–Trinajstić information content (AvgIpc) is 2.12. The van der Waals surface area contributed by atoms with Gasteiger partial charge in [-0.15, -0.1) is 0 Å². The highest BCUT2D eigenvalue weighted by Gasteiger charge is 2.26. The average molecular weight is 255 g/mol. The van der Waals surface area contributed by atoms with Crippen LogP contribution in [0, 0.1) is 5.92 Å². The van der Waals surface area contributed by atoms with Gasteiger partial charge in [0.05, 0.1) is 10.2 Å². The van der Waals surface area contributed by atoms with Gasteiger partial charge in [0, 0.05) is 25.5 Å². The van der Waals surface area contributed by atoms with E-state index >= 15 is 0 Å². The van der Waals surface area contributed by atoms with Gasteiger partial charge >= 0.3 is 0 Å². The molecule has 1 aliphatic rings. The Labute approximate surface area is 93.5 Å². The normalized spacial score (nSPS) is 16.9. The maximum atomic E-state index is 4.07. The topological polar surface area (TPSA) is 16.1 Å². The van der Waals surface area contributed by atoms with E-state index in [1.807, 2.05) is 12.4 Å². The van der Waals surface area contributed by atoms with Crippen LogP contribution in [0.4, 0.5) is 5.69 Å². The standard InChI is InChI=1S/C11H15BrN2/c1-2-3-9-7-14(8-9)11-4-5-13-6-10(11)12/h4-6,9H,2-3,7-8H2,1H3. The molecular formula is C11H15BrN2. The van der Waals surface area contributed by atoms with Gasteiger partial charge < -0.3 is 4.90 Å². The Morgan fingerprint density at radius 2 is 2.36 bits per heavy atom. The molecule has 2 heterocycles. The summed E-state index contributed by atoms with van der Waals surface area (Å²) in [6, 6.07) is 2.08. The summed E-state index contributed by atoms with van der Waals surface area (Å²) in [5, 5.41) is 0. The van der Waals surface area contributed by atoms with E-state index in [1.165, 1.54) is 31.6 Å². The zero-order chi connectivity index (χ0) is 9.97. The molecule has 1 fully saturated rings. The summed E-state index contributed by atoms with van der Waals surface area (Å²) in [5.74, 6) is 0.903. The summed E-state index contributed by atoms with van der Waals surface area (Å²) in [6.07, 6.45) is 6.38. The molecule has 1 aromatic rings. The minimum Gasteiger partial charge on any atom is -0.370 e. The van der Waals surface area contributed by atoms with Crippen molar-refractivity contribution in [1.82, 2.24) is 4.98 Å². The molecule has 0 atom stereocenters. The molecule has 0 unspecified atom stereocenters. The summed E-state index contributed by atoms with van der Waals surface area (Å²) < 4.78 is 1.11. The molecule has 1 saturated heterocycles. The van der Waals surface area contributed by atoms with Crippen LogP contribution in [0.3, 0.4) is 0 Å². The molecule has 0 aliphatic carbocycles. The van der Waals surface area contributed by atoms with Crippen molar-refractivity contribution in [2.24, 2.45) is 5.92 Å². The van der Waals surface area contributed by atoms with Gasteiger partial charge in [0.15, 0.2) is 0 Å². The Morgan fingerprint density at radius 1 is 1.57 bits per heavy atom. The summed E-state index contributed by atoms with van der Waals surface area (Å²) >= 11 is 3.53. The molecule has 0 aromatic carbocycles. The lowest BCUT2D eigenvalue weighted by Gasteiger charge is -2.41. The van der Waals surface area contributed by atoms with Crippen molar-refractivity contribution in [3.63, 3.8) is 0 Å². The van der Waals surface area contributed by atoms with Crippen molar-refractivity contribution in [3.8, 4) is 0 Å². The Morgan fingerprint density at radius 3 is 3.00 bits per heavy atom. The molecule has 14 heavy (non-hydrogen) atoms. The van der Waals surface area contributed by atoms with Crippen LogP contribution in [0.2, 0.25) is 0 Å². The Bertz CT molecular complexity index is 308. The summed E-state index contributed by atoms with van der Waals surface area (Å²) in [5.41, 5.74) is 1.28. The van der Waals surface area contributed by atoms with Crippen LogP contribution in [-0.2, 0) is 0 Å². The highest BCUT2D eigenvalue weighted by Crippen LogP contribution is 2.31. The van der Waals surface area contributed by atoms with E-state index in [0.29, 0.717) is 0 Å². The van der Waals surface area contributed by atoms with Crippen molar-refractivity contribution in [2.45, 2.75) is 19.8 Å². The van der Waals surface area contributed by atoms with E-state index in [9.17, 15) is 0 Å². The second-order valence-electron chi connectivity index (χ2n) is 3.89. The van der Waals surface area contributed by atoms with Gasteiger partial charge in [-0.1, -0.05) is 13.3 Å². The quantitative estimate of drug-likeness (QED) is 0.825. The number of rotatable bonds is 3. The molecule has 2 nitrogen and oxygen atoms in total. The fraction of sp³-hybridized carbons (Fsp3) is 0.545. The zero-order valence-corrected chi connectivity index (χ0v) is 10.00. The Balaban J connectivity index is 1.96. The number of halogens is 1.